The highest BCUT2D eigenvalue weighted by Gasteiger charge is 2.63. The molecule has 1 amide bonds. The number of benzene rings is 1. The first-order chi connectivity index (χ1) is 15.7. The quantitative estimate of drug-likeness (QED) is 0.585. The minimum absolute atomic E-state index is 0.0332. The molecule has 0 saturated heterocycles. The zero-order valence-electron chi connectivity index (χ0n) is 19.5. The highest BCUT2D eigenvalue weighted by Crippen LogP contribution is 2.65. The van der Waals surface area contributed by atoms with Crippen molar-refractivity contribution in [2.75, 3.05) is 20.6 Å². The Labute approximate surface area is 194 Å². The first kappa shape index (κ1) is 23.5. The number of alkyl halides is 2. The van der Waals surface area contributed by atoms with Crippen molar-refractivity contribution in [3.05, 3.63) is 65.0 Å². The van der Waals surface area contributed by atoms with Gasteiger partial charge in [-0.2, -0.15) is 0 Å². The standard InChI is InChI=1S/C26H32F2N4O/c1-25(27,28)26(8-9-26)23(20-5-4-10-29-15-20)13-24(33)31-17-22(32(2)3)12-18-6-7-19-14-30-16-21(19)11-18/h4-7,10-11,14-15,22-23H,8-9,12-13,16-17H2,1-3H3,(H,31,33)/t22-,23+/m0/s1. The zero-order valence-corrected chi connectivity index (χ0v) is 19.5. The van der Waals surface area contributed by atoms with Crippen molar-refractivity contribution in [2.45, 2.75) is 57.0 Å². The van der Waals surface area contributed by atoms with E-state index >= 15 is 0 Å². The van der Waals surface area contributed by atoms with Crippen LogP contribution in [0.5, 0.6) is 0 Å². The summed E-state index contributed by atoms with van der Waals surface area (Å²) in [5, 5.41) is 3.02. The van der Waals surface area contributed by atoms with Crippen LogP contribution in [0.3, 0.4) is 0 Å². The van der Waals surface area contributed by atoms with Crippen molar-refractivity contribution in [3.8, 4) is 0 Å². The second kappa shape index (κ2) is 9.29. The Bertz CT molecular complexity index is 1010. The molecule has 2 heterocycles. The van der Waals surface area contributed by atoms with Gasteiger partial charge < -0.3 is 10.2 Å². The Morgan fingerprint density at radius 3 is 2.70 bits per heavy atom. The first-order valence-corrected chi connectivity index (χ1v) is 11.5. The predicted molar refractivity (Wildman–Crippen MR) is 126 cm³/mol. The lowest BCUT2D eigenvalue weighted by atomic mass is 9.77. The monoisotopic (exact) mass is 454 g/mol. The zero-order chi connectivity index (χ0) is 23.6. The minimum Gasteiger partial charge on any atom is -0.355 e. The smallest absolute Gasteiger partial charge is 0.251 e. The van der Waals surface area contributed by atoms with Crippen LogP contribution >= 0.6 is 0 Å². The van der Waals surface area contributed by atoms with Gasteiger partial charge in [-0.3, -0.25) is 14.8 Å². The van der Waals surface area contributed by atoms with E-state index in [4.69, 9.17) is 0 Å². The van der Waals surface area contributed by atoms with Gasteiger partial charge in [0, 0.05) is 48.9 Å². The van der Waals surface area contributed by atoms with Gasteiger partial charge in [0.05, 0.1) is 6.54 Å². The summed E-state index contributed by atoms with van der Waals surface area (Å²) in [5.74, 6) is -3.61. The third kappa shape index (κ3) is 5.13. The molecule has 0 radical (unpaired) electrons. The highest BCUT2D eigenvalue weighted by molar-refractivity contribution is 5.84. The molecule has 1 aromatic heterocycles. The molecule has 5 nitrogen and oxygen atoms in total. The van der Waals surface area contributed by atoms with E-state index < -0.39 is 17.3 Å². The van der Waals surface area contributed by atoms with E-state index in [0.29, 0.717) is 31.5 Å². The summed E-state index contributed by atoms with van der Waals surface area (Å²) in [6.45, 7) is 2.14. The molecule has 176 valence electrons. The average Bonchev–Trinajstić information content (AvgIpc) is 3.47. The fourth-order valence-electron chi connectivity index (χ4n) is 4.93. The summed E-state index contributed by atoms with van der Waals surface area (Å²) in [5.41, 5.74) is 3.13. The lowest BCUT2D eigenvalue weighted by Crippen LogP contribution is -2.43. The third-order valence-corrected chi connectivity index (χ3v) is 7.24. The first-order valence-electron chi connectivity index (χ1n) is 11.5. The van der Waals surface area contributed by atoms with E-state index in [-0.39, 0.29) is 18.4 Å². The number of nitrogens with one attached hydrogen (secondary N) is 1. The number of likely N-dealkylation sites (N-methyl/N-ethyl adjacent to an activating group) is 1. The number of pyridine rings is 1. The summed E-state index contributed by atoms with van der Waals surface area (Å²) in [4.78, 5) is 23.5. The molecule has 1 fully saturated rings. The van der Waals surface area contributed by atoms with Crippen molar-refractivity contribution < 1.29 is 13.6 Å². The van der Waals surface area contributed by atoms with Crippen molar-refractivity contribution in [1.29, 1.82) is 0 Å². The van der Waals surface area contributed by atoms with Crippen LogP contribution in [-0.2, 0) is 17.8 Å². The Hall–Kier alpha value is -2.67. The van der Waals surface area contributed by atoms with E-state index in [1.165, 1.54) is 11.1 Å². The van der Waals surface area contributed by atoms with Crippen LogP contribution in [0, 0.1) is 5.41 Å². The number of carbonyl (C=O) groups is 1. The SMILES string of the molecule is CN(C)[C@H](CNC(=O)C[C@H](c1cccnc1)C1(C(C)(F)F)CC1)Cc1ccc2c(c1)CN=C2. The molecule has 2 aliphatic rings. The Balaban J connectivity index is 1.41. The number of aliphatic imine (C=N–C) groups is 1. The maximum absolute atomic E-state index is 14.5. The molecule has 0 bridgehead atoms. The maximum Gasteiger partial charge on any atom is 0.251 e. The minimum atomic E-state index is -2.85. The molecule has 2 atom stereocenters. The molecular weight excluding hydrogens is 422 g/mol. The number of hydrogen-bond acceptors (Lipinski definition) is 4. The molecule has 1 aliphatic carbocycles. The van der Waals surface area contributed by atoms with Crippen LogP contribution in [0.4, 0.5) is 8.78 Å². The molecule has 0 spiro atoms. The van der Waals surface area contributed by atoms with Gasteiger partial charge in [-0.05, 0) is 68.6 Å². The number of aromatic nitrogens is 1. The number of rotatable bonds is 10. The summed E-state index contributed by atoms with van der Waals surface area (Å²) >= 11 is 0. The van der Waals surface area contributed by atoms with Gasteiger partial charge >= 0.3 is 0 Å². The molecule has 2 aromatic rings. The summed E-state index contributed by atoms with van der Waals surface area (Å²) in [6.07, 6.45) is 6.79. The molecule has 1 N–H and O–H groups in total. The molecule has 1 aliphatic heterocycles. The normalized spacial score (nSPS) is 18.1. The molecule has 1 saturated carbocycles. The van der Waals surface area contributed by atoms with Crippen LogP contribution in [-0.4, -0.2) is 54.6 Å². The van der Waals surface area contributed by atoms with Gasteiger partial charge in [0.25, 0.3) is 5.92 Å². The van der Waals surface area contributed by atoms with Crippen molar-refractivity contribution >= 4 is 12.1 Å². The van der Waals surface area contributed by atoms with Gasteiger partial charge in [0.2, 0.25) is 5.91 Å². The van der Waals surface area contributed by atoms with E-state index in [1.807, 2.05) is 20.3 Å². The van der Waals surface area contributed by atoms with Crippen LogP contribution in [0.2, 0.25) is 0 Å². The van der Waals surface area contributed by atoms with Gasteiger partial charge in [0.15, 0.2) is 0 Å². The molecular formula is C26H32F2N4O. The topological polar surface area (TPSA) is 57.6 Å². The van der Waals surface area contributed by atoms with Crippen LogP contribution in [0.1, 0.15) is 54.4 Å². The van der Waals surface area contributed by atoms with Gasteiger partial charge in [-0.15, -0.1) is 0 Å². The lowest BCUT2D eigenvalue weighted by Gasteiger charge is -2.32. The number of fused-ring (bicyclic) bond motifs is 1. The Kier molecular flexibility index (Phi) is 6.61. The van der Waals surface area contributed by atoms with Crippen molar-refractivity contribution in [2.24, 2.45) is 10.4 Å². The summed E-state index contributed by atoms with van der Waals surface area (Å²) in [6, 6.07) is 10.0. The molecule has 1 aromatic carbocycles. The van der Waals surface area contributed by atoms with Crippen LogP contribution in [0.25, 0.3) is 0 Å². The largest absolute Gasteiger partial charge is 0.355 e. The van der Waals surface area contributed by atoms with Crippen LogP contribution < -0.4 is 5.32 Å². The second-order valence-electron chi connectivity index (χ2n) is 9.72. The number of carbonyl (C=O) groups excluding carboxylic acids is 1. The van der Waals surface area contributed by atoms with Gasteiger partial charge in [-0.1, -0.05) is 24.3 Å². The summed E-state index contributed by atoms with van der Waals surface area (Å²) in [7, 11) is 3.98. The fraction of sp³-hybridized carbons (Fsp3) is 0.500. The number of hydrogen-bond donors (Lipinski definition) is 1. The maximum atomic E-state index is 14.5. The Morgan fingerprint density at radius 2 is 2.06 bits per heavy atom. The average molecular weight is 455 g/mol. The number of nitrogens with zero attached hydrogens (tertiary/aromatic N) is 3. The number of halogens is 2. The second-order valence-corrected chi connectivity index (χ2v) is 9.72. The molecule has 33 heavy (non-hydrogen) atoms. The lowest BCUT2D eigenvalue weighted by molar-refractivity contribution is -0.123. The van der Waals surface area contributed by atoms with Crippen molar-refractivity contribution in [1.82, 2.24) is 15.2 Å². The third-order valence-electron chi connectivity index (χ3n) is 7.24. The highest BCUT2D eigenvalue weighted by atomic mass is 19.3. The fourth-order valence-corrected chi connectivity index (χ4v) is 4.93. The molecule has 4 rings (SSSR count). The molecule has 7 heteroatoms. The van der Waals surface area contributed by atoms with Crippen molar-refractivity contribution in [3.63, 3.8) is 0 Å². The van der Waals surface area contributed by atoms with Gasteiger partial charge in [-0.25, -0.2) is 8.78 Å². The number of amides is 1. The van der Waals surface area contributed by atoms with E-state index in [9.17, 15) is 13.6 Å². The van der Waals surface area contributed by atoms with E-state index in [0.717, 1.165) is 18.9 Å². The van der Waals surface area contributed by atoms with Crippen LogP contribution in [0.15, 0.2) is 47.7 Å². The van der Waals surface area contributed by atoms with E-state index in [1.54, 1.807) is 24.5 Å². The van der Waals surface area contributed by atoms with E-state index in [2.05, 4.69) is 38.4 Å². The van der Waals surface area contributed by atoms with Gasteiger partial charge in [0.1, 0.15) is 0 Å². The summed E-state index contributed by atoms with van der Waals surface area (Å²) < 4.78 is 29.1. The Morgan fingerprint density at radius 1 is 1.27 bits per heavy atom. The predicted octanol–water partition coefficient (Wildman–Crippen LogP) is 4.21. The molecule has 0 unspecified atom stereocenters.